The summed E-state index contributed by atoms with van der Waals surface area (Å²) in [6, 6.07) is -0.915. The van der Waals surface area contributed by atoms with Gasteiger partial charge in [-0.1, -0.05) is 153 Å². The van der Waals surface area contributed by atoms with Gasteiger partial charge in [-0.15, -0.1) is 0 Å². The molecule has 294 valence electrons. The molecule has 0 aromatic rings. The summed E-state index contributed by atoms with van der Waals surface area (Å²) in [5.41, 5.74) is 0. The number of rotatable bonds is 36. The van der Waals surface area contributed by atoms with E-state index < -0.39 is 26.6 Å². The summed E-state index contributed by atoms with van der Waals surface area (Å²) in [6.45, 7) is 4.54. The molecule has 9 heteroatoms. The molecule has 0 aliphatic heterocycles. The van der Waals surface area contributed by atoms with Gasteiger partial charge in [-0.25, -0.2) is 0 Å². The number of likely N-dealkylation sites (N-methyl/N-ethyl adjacent to an activating group) is 1. The fraction of sp³-hybridized carbons (Fsp3) is 0.829. The van der Waals surface area contributed by atoms with Gasteiger partial charge in [0.05, 0.1) is 39.9 Å². The summed E-state index contributed by atoms with van der Waals surface area (Å²) in [4.78, 5) is 25.1. The fourth-order valence-electron chi connectivity index (χ4n) is 5.56. The number of aliphatic hydroxyl groups excluding tert-OH is 1. The van der Waals surface area contributed by atoms with Crippen molar-refractivity contribution in [2.45, 2.75) is 180 Å². The molecule has 2 N–H and O–H groups in total. The molecule has 0 aliphatic rings. The molecule has 8 nitrogen and oxygen atoms in total. The van der Waals surface area contributed by atoms with Gasteiger partial charge < -0.3 is 28.8 Å². The van der Waals surface area contributed by atoms with Crippen molar-refractivity contribution < 1.29 is 32.9 Å². The van der Waals surface area contributed by atoms with Crippen molar-refractivity contribution in [2.24, 2.45) is 0 Å². The van der Waals surface area contributed by atoms with Gasteiger partial charge in [0.15, 0.2) is 0 Å². The number of hydrogen-bond donors (Lipinski definition) is 2. The first-order valence-corrected chi connectivity index (χ1v) is 21.8. The Kier molecular flexibility index (Phi) is 32.7. The highest BCUT2D eigenvalue weighted by Crippen LogP contribution is 2.38. The molecule has 0 fully saturated rings. The average Bonchev–Trinajstić information content (AvgIpc) is 3.06. The monoisotopic (exact) mass is 727 g/mol. The van der Waals surface area contributed by atoms with Crippen LogP contribution >= 0.6 is 7.82 Å². The highest BCUT2D eigenvalue weighted by Gasteiger charge is 2.23. The molecule has 0 radical (unpaired) electrons. The van der Waals surface area contributed by atoms with E-state index in [0.29, 0.717) is 17.4 Å². The van der Waals surface area contributed by atoms with Crippen LogP contribution in [0, 0.1) is 0 Å². The number of unbranched alkanes of at least 4 members (excludes halogenated alkanes) is 20. The van der Waals surface area contributed by atoms with E-state index in [1.165, 1.54) is 116 Å². The number of quaternary nitrogens is 1. The van der Waals surface area contributed by atoms with Crippen LogP contribution in [-0.4, -0.2) is 68.5 Å². The minimum atomic E-state index is -4.59. The second-order valence-corrected chi connectivity index (χ2v) is 16.4. The molecule has 1 amide bonds. The molecular weight excluding hydrogens is 647 g/mol. The van der Waals surface area contributed by atoms with Crippen molar-refractivity contribution in [3.05, 3.63) is 36.5 Å². The Hall–Kier alpha value is -1.28. The van der Waals surface area contributed by atoms with E-state index in [0.717, 1.165) is 32.1 Å². The van der Waals surface area contributed by atoms with E-state index in [9.17, 15) is 19.4 Å². The summed E-state index contributed by atoms with van der Waals surface area (Å²) in [7, 11) is 1.23. The molecule has 0 saturated heterocycles. The number of aliphatic hydroxyl groups is 1. The standard InChI is InChI=1S/C41H79N2O6P/c1-6-8-10-12-14-16-17-18-19-20-21-22-23-24-25-27-29-31-33-35-41(45)42-39(38-49-50(46,47)48-37-36-43(3,4)5)40(44)34-32-30-28-26-15-13-11-9-7-2/h18-19,28,30,32,34,39-40,44H,6-17,20-27,29,31,33,35-38H2,1-5H3,(H-,42,45,46,47)/b19-18+,30-28+,34-32+/t39-,40+/m0/s1. The third-order valence-corrected chi connectivity index (χ3v) is 9.84. The van der Waals surface area contributed by atoms with Gasteiger partial charge >= 0.3 is 0 Å². The van der Waals surface area contributed by atoms with Gasteiger partial charge in [-0.05, 0) is 44.9 Å². The predicted octanol–water partition coefficient (Wildman–Crippen LogP) is 10.1. The second-order valence-electron chi connectivity index (χ2n) is 15.0. The van der Waals surface area contributed by atoms with Crippen LogP contribution in [0.5, 0.6) is 0 Å². The zero-order valence-electron chi connectivity index (χ0n) is 33.1. The van der Waals surface area contributed by atoms with Crippen LogP contribution in [0.3, 0.4) is 0 Å². The lowest BCUT2D eigenvalue weighted by atomic mass is 10.0. The van der Waals surface area contributed by atoms with Crippen LogP contribution in [0.1, 0.15) is 168 Å². The smallest absolute Gasteiger partial charge is 0.268 e. The summed E-state index contributed by atoms with van der Waals surface area (Å²) in [5.74, 6) is -0.221. The first-order chi connectivity index (χ1) is 24.0. The first kappa shape index (κ1) is 48.7. The lowest BCUT2D eigenvalue weighted by Gasteiger charge is -2.29. The maximum absolute atomic E-state index is 12.8. The maximum Gasteiger partial charge on any atom is 0.268 e. The topological polar surface area (TPSA) is 108 Å². The van der Waals surface area contributed by atoms with E-state index in [1.54, 1.807) is 12.2 Å². The molecule has 0 bridgehead atoms. The Bertz CT molecular complexity index is 917. The van der Waals surface area contributed by atoms with Crippen LogP contribution in [0.2, 0.25) is 0 Å². The number of nitrogens with zero attached hydrogens (tertiary/aromatic N) is 1. The number of phosphoric ester groups is 1. The molecule has 0 aromatic carbocycles. The van der Waals surface area contributed by atoms with Crippen LogP contribution in [0.15, 0.2) is 36.5 Å². The van der Waals surface area contributed by atoms with Gasteiger partial charge in [-0.2, -0.15) is 0 Å². The fourth-order valence-corrected chi connectivity index (χ4v) is 6.28. The summed E-state index contributed by atoms with van der Waals surface area (Å²) in [6.07, 6.45) is 39.2. The van der Waals surface area contributed by atoms with Crippen LogP contribution < -0.4 is 10.2 Å². The van der Waals surface area contributed by atoms with Crippen LogP contribution in [0.4, 0.5) is 0 Å². The third kappa shape index (κ3) is 35.1. The zero-order valence-corrected chi connectivity index (χ0v) is 34.0. The molecule has 0 rings (SSSR count). The minimum Gasteiger partial charge on any atom is -0.756 e. The normalized spacial score (nSPS) is 14.9. The van der Waals surface area contributed by atoms with Crippen LogP contribution in [-0.2, 0) is 18.4 Å². The molecule has 50 heavy (non-hydrogen) atoms. The minimum absolute atomic E-state index is 0.00992. The zero-order chi connectivity index (χ0) is 37.2. The van der Waals surface area contributed by atoms with E-state index in [1.807, 2.05) is 27.2 Å². The molecule has 0 spiro atoms. The third-order valence-electron chi connectivity index (χ3n) is 8.88. The number of nitrogens with one attached hydrogen (secondary N) is 1. The van der Waals surface area contributed by atoms with Crippen molar-refractivity contribution in [1.29, 1.82) is 0 Å². The van der Waals surface area contributed by atoms with Gasteiger partial charge in [0.25, 0.3) is 7.82 Å². The summed E-state index contributed by atoms with van der Waals surface area (Å²) >= 11 is 0. The molecule has 0 aliphatic carbocycles. The Morgan fingerprint density at radius 3 is 1.66 bits per heavy atom. The Morgan fingerprint density at radius 1 is 0.700 bits per heavy atom. The van der Waals surface area contributed by atoms with Crippen molar-refractivity contribution in [3.8, 4) is 0 Å². The number of carbonyl (C=O) groups excluding carboxylic acids is 1. The number of phosphoric acid groups is 1. The predicted molar refractivity (Wildman–Crippen MR) is 210 cm³/mol. The number of allylic oxidation sites excluding steroid dienone is 5. The first-order valence-electron chi connectivity index (χ1n) is 20.4. The number of amides is 1. The Morgan fingerprint density at radius 2 is 1.16 bits per heavy atom. The SMILES string of the molecule is CCCCCCC/C=C/C=C/[C@@H](O)[C@H](COP(=O)([O-])OCC[N+](C)(C)C)NC(=O)CCCCCCCCCCC/C=C/CCCCCCCC. The van der Waals surface area contributed by atoms with Crippen molar-refractivity contribution in [1.82, 2.24) is 5.32 Å². The van der Waals surface area contributed by atoms with E-state index >= 15 is 0 Å². The number of hydrogen-bond acceptors (Lipinski definition) is 6. The molecule has 0 aromatic heterocycles. The number of carbonyl (C=O) groups is 1. The van der Waals surface area contributed by atoms with Crippen molar-refractivity contribution in [3.63, 3.8) is 0 Å². The molecule has 3 atom stereocenters. The molecule has 0 saturated carbocycles. The van der Waals surface area contributed by atoms with Gasteiger partial charge in [-0.3, -0.25) is 9.36 Å². The summed E-state index contributed by atoms with van der Waals surface area (Å²) < 4.78 is 23.0. The average molecular weight is 727 g/mol. The van der Waals surface area contributed by atoms with Crippen molar-refractivity contribution >= 4 is 13.7 Å². The Labute approximate surface area is 308 Å². The highest BCUT2D eigenvalue weighted by molar-refractivity contribution is 7.45. The van der Waals surface area contributed by atoms with Crippen LogP contribution in [0.25, 0.3) is 0 Å². The Balaban J connectivity index is 4.38. The lowest BCUT2D eigenvalue weighted by Crippen LogP contribution is -2.45. The largest absolute Gasteiger partial charge is 0.756 e. The second kappa shape index (κ2) is 33.5. The van der Waals surface area contributed by atoms with Gasteiger partial charge in [0.2, 0.25) is 5.91 Å². The quantitative estimate of drug-likeness (QED) is 0.0219. The van der Waals surface area contributed by atoms with Gasteiger partial charge in [0.1, 0.15) is 13.2 Å². The van der Waals surface area contributed by atoms with E-state index in [4.69, 9.17) is 9.05 Å². The van der Waals surface area contributed by atoms with Gasteiger partial charge in [0, 0.05) is 6.42 Å². The molecule has 0 heterocycles. The molecule has 1 unspecified atom stereocenters. The van der Waals surface area contributed by atoms with E-state index in [-0.39, 0.29) is 12.5 Å². The maximum atomic E-state index is 12.8. The molecular formula is C41H79N2O6P. The highest BCUT2D eigenvalue weighted by atomic mass is 31.2. The lowest BCUT2D eigenvalue weighted by molar-refractivity contribution is -0.870. The van der Waals surface area contributed by atoms with E-state index in [2.05, 4.69) is 37.4 Å². The summed E-state index contributed by atoms with van der Waals surface area (Å²) in [5, 5.41) is 13.6. The van der Waals surface area contributed by atoms with Crippen molar-refractivity contribution in [2.75, 3.05) is 40.9 Å².